The van der Waals surface area contributed by atoms with Gasteiger partial charge >= 0.3 is 0 Å². The van der Waals surface area contributed by atoms with Crippen molar-refractivity contribution in [3.63, 3.8) is 0 Å². The highest BCUT2D eigenvalue weighted by molar-refractivity contribution is 5.94. The van der Waals surface area contributed by atoms with E-state index in [1.165, 1.54) is 0 Å². The van der Waals surface area contributed by atoms with E-state index >= 15 is 0 Å². The number of β-amino-alcohol motifs (C(OH)–C–C–N with tert-alkyl or cyclic N) is 1. The molecule has 6 heteroatoms. The molecule has 0 unspecified atom stereocenters. The van der Waals surface area contributed by atoms with Crippen LogP contribution in [0.15, 0.2) is 36.7 Å². The highest BCUT2D eigenvalue weighted by Crippen LogP contribution is 2.34. The van der Waals surface area contributed by atoms with Crippen molar-refractivity contribution >= 4 is 5.91 Å². The van der Waals surface area contributed by atoms with E-state index < -0.39 is 6.10 Å². The Hall–Kier alpha value is -2.34. The number of carbonyl (C=O) groups is 1. The number of carbonyl (C=O) groups excluding carboxylic acids is 1. The molecule has 1 saturated heterocycles. The van der Waals surface area contributed by atoms with Crippen LogP contribution in [0.25, 0.3) is 0 Å². The second-order valence-electron chi connectivity index (χ2n) is 6.44. The summed E-state index contributed by atoms with van der Waals surface area (Å²) in [5.74, 6) is 0.639. The van der Waals surface area contributed by atoms with Crippen LogP contribution in [0.4, 0.5) is 0 Å². The number of benzene rings is 1. The van der Waals surface area contributed by atoms with Gasteiger partial charge in [-0.2, -0.15) is 5.10 Å². The van der Waals surface area contributed by atoms with Crippen molar-refractivity contribution < 1.29 is 14.6 Å². The van der Waals surface area contributed by atoms with Crippen LogP contribution in [0.3, 0.4) is 0 Å². The van der Waals surface area contributed by atoms with Crippen LogP contribution in [-0.4, -0.2) is 45.5 Å². The van der Waals surface area contributed by atoms with E-state index in [1.54, 1.807) is 29.1 Å². The van der Waals surface area contributed by atoms with Gasteiger partial charge in [0.05, 0.1) is 31.0 Å². The van der Waals surface area contributed by atoms with Crippen LogP contribution in [0.2, 0.25) is 0 Å². The normalized spacial score (nSPS) is 20.6. The van der Waals surface area contributed by atoms with Gasteiger partial charge in [-0.15, -0.1) is 0 Å². The molecule has 1 fully saturated rings. The number of aromatic nitrogens is 2. The summed E-state index contributed by atoms with van der Waals surface area (Å²) in [6.45, 7) is 4.35. The Labute approximate surface area is 141 Å². The topological polar surface area (TPSA) is 67.6 Å². The van der Waals surface area contributed by atoms with Crippen molar-refractivity contribution in [2.24, 2.45) is 0 Å². The van der Waals surface area contributed by atoms with Gasteiger partial charge in [-0.1, -0.05) is 12.1 Å². The minimum atomic E-state index is -0.523. The zero-order valence-corrected chi connectivity index (χ0v) is 14.2. The molecule has 1 aliphatic rings. The fraction of sp³-hybridized carbons (Fsp3) is 0.444. The lowest BCUT2D eigenvalue weighted by Gasteiger charge is -2.24. The second-order valence-corrected chi connectivity index (χ2v) is 6.44. The van der Waals surface area contributed by atoms with E-state index in [0.29, 0.717) is 18.5 Å². The molecule has 0 spiro atoms. The Bertz CT molecular complexity index is 726. The SMILES string of the molecule is COc1cccc([C@@H]2C[C@H](O)CN2C(=O)c2cnn(C(C)C)c2)c1. The molecule has 3 rings (SSSR count). The van der Waals surface area contributed by atoms with E-state index in [1.807, 2.05) is 38.1 Å². The summed E-state index contributed by atoms with van der Waals surface area (Å²) in [4.78, 5) is 14.6. The summed E-state index contributed by atoms with van der Waals surface area (Å²) >= 11 is 0. The first-order valence-corrected chi connectivity index (χ1v) is 8.16. The molecule has 6 nitrogen and oxygen atoms in total. The van der Waals surface area contributed by atoms with Crippen LogP contribution in [0.1, 0.15) is 48.3 Å². The molecule has 128 valence electrons. The molecule has 1 aromatic carbocycles. The first-order valence-electron chi connectivity index (χ1n) is 8.16. The standard InChI is InChI=1S/C18H23N3O3/c1-12(2)21-10-14(9-19-21)18(23)20-11-15(22)8-17(20)13-5-4-6-16(7-13)24-3/h4-7,9-10,12,15,17,22H,8,11H2,1-3H3/t15-,17-/m0/s1. The minimum Gasteiger partial charge on any atom is -0.497 e. The first-order chi connectivity index (χ1) is 11.5. The molecule has 1 aliphatic heterocycles. The smallest absolute Gasteiger partial charge is 0.257 e. The fourth-order valence-electron chi connectivity index (χ4n) is 3.10. The van der Waals surface area contributed by atoms with Gasteiger partial charge in [0.15, 0.2) is 0 Å². The highest BCUT2D eigenvalue weighted by Gasteiger charge is 2.36. The molecule has 2 aromatic rings. The number of ether oxygens (including phenoxy) is 1. The molecule has 24 heavy (non-hydrogen) atoms. The summed E-state index contributed by atoms with van der Waals surface area (Å²) in [5, 5.41) is 14.3. The van der Waals surface area contributed by atoms with Gasteiger partial charge in [0, 0.05) is 18.8 Å². The zero-order valence-electron chi connectivity index (χ0n) is 14.2. The van der Waals surface area contributed by atoms with E-state index in [4.69, 9.17) is 4.74 Å². The summed E-state index contributed by atoms with van der Waals surface area (Å²) in [6.07, 6.45) is 3.36. The van der Waals surface area contributed by atoms with Gasteiger partial charge in [-0.05, 0) is 38.0 Å². The second kappa shape index (κ2) is 6.65. The van der Waals surface area contributed by atoms with Crippen molar-refractivity contribution in [2.45, 2.75) is 38.5 Å². The maximum Gasteiger partial charge on any atom is 0.257 e. The average Bonchev–Trinajstić information content (AvgIpc) is 3.21. The Morgan fingerprint density at radius 2 is 2.21 bits per heavy atom. The van der Waals surface area contributed by atoms with Crippen molar-refractivity contribution in [3.8, 4) is 5.75 Å². The molecule has 0 bridgehead atoms. The largest absolute Gasteiger partial charge is 0.497 e. The molecule has 1 N–H and O–H groups in total. The highest BCUT2D eigenvalue weighted by atomic mass is 16.5. The molecular formula is C18H23N3O3. The van der Waals surface area contributed by atoms with Crippen LogP contribution in [0.5, 0.6) is 5.75 Å². The Balaban J connectivity index is 1.87. The maximum absolute atomic E-state index is 12.9. The molecule has 0 aliphatic carbocycles. The molecule has 1 amide bonds. The van der Waals surface area contributed by atoms with E-state index in [9.17, 15) is 9.90 Å². The lowest BCUT2D eigenvalue weighted by atomic mass is 10.0. The van der Waals surface area contributed by atoms with E-state index in [2.05, 4.69) is 5.10 Å². The molecule has 0 radical (unpaired) electrons. The fourth-order valence-corrected chi connectivity index (χ4v) is 3.10. The lowest BCUT2D eigenvalue weighted by molar-refractivity contribution is 0.0715. The third-order valence-corrected chi connectivity index (χ3v) is 4.40. The zero-order chi connectivity index (χ0) is 17.3. The van der Waals surface area contributed by atoms with Gasteiger partial charge < -0.3 is 14.7 Å². The van der Waals surface area contributed by atoms with Gasteiger partial charge in [0.1, 0.15) is 5.75 Å². The van der Waals surface area contributed by atoms with Crippen molar-refractivity contribution in [1.82, 2.24) is 14.7 Å². The average molecular weight is 329 g/mol. The maximum atomic E-state index is 12.9. The predicted octanol–water partition coefficient (Wildman–Crippen LogP) is 2.42. The number of likely N-dealkylation sites (tertiary alicyclic amines) is 1. The predicted molar refractivity (Wildman–Crippen MR) is 90.0 cm³/mol. The molecule has 2 atom stereocenters. The van der Waals surface area contributed by atoms with Crippen LogP contribution in [-0.2, 0) is 0 Å². The molecule has 2 heterocycles. The van der Waals surface area contributed by atoms with Crippen LogP contribution >= 0.6 is 0 Å². The number of aliphatic hydroxyl groups is 1. The summed E-state index contributed by atoms with van der Waals surface area (Å²) in [5.41, 5.74) is 1.51. The van der Waals surface area contributed by atoms with Crippen LogP contribution < -0.4 is 4.74 Å². The number of methoxy groups -OCH3 is 1. The number of aliphatic hydroxyl groups excluding tert-OH is 1. The van der Waals surface area contributed by atoms with Gasteiger partial charge in [0.2, 0.25) is 0 Å². The van der Waals surface area contributed by atoms with Crippen molar-refractivity contribution in [3.05, 3.63) is 47.8 Å². The Morgan fingerprint density at radius 1 is 1.42 bits per heavy atom. The number of hydrogen-bond donors (Lipinski definition) is 1. The number of rotatable bonds is 4. The Morgan fingerprint density at radius 3 is 2.88 bits per heavy atom. The number of hydrogen-bond acceptors (Lipinski definition) is 4. The van der Waals surface area contributed by atoms with Crippen LogP contribution in [0, 0.1) is 0 Å². The molecule has 0 saturated carbocycles. The third kappa shape index (κ3) is 3.14. The monoisotopic (exact) mass is 329 g/mol. The quantitative estimate of drug-likeness (QED) is 0.935. The molecular weight excluding hydrogens is 306 g/mol. The molecule has 1 aromatic heterocycles. The minimum absolute atomic E-state index is 0.105. The van der Waals surface area contributed by atoms with Crippen molar-refractivity contribution in [2.75, 3.05) is 13.7 Å². The number of amides is 1. The van der Waals surface area contributed by atoms with E-state index in [-0.39, 0.29) is 18.0 Å². The lowest BCUT2D eigenvalue weighted by Crippen LogP contribution is -2.31. The van der Waals surface area contributed by atoms with Crippen molar-refractivity contribution in [1.29, 1.82) is 0 Å². The van der Waals surface area contributed by atoms with Gasteiger partial charge in [-0.25, -0.2) is 0 Å². The summed E-state index contributed by atoms with van der Waals surface area (Å²) in [6, 6.07) is 7.69. The first kappa shape index (κ1) is 16.5. The summed E-state index contributed by atoms with van der Waals surface area (Å²) < 4.78 is 7.04. The third-order valence-electron chi connectivity index (χ3n) is 4.40. The van der Waals surface area contributed by atoms with Gasteiger partial charge in [0.25, 0.3) is 5.91 Å². The Kier molecular flexibility index (Phi) is 4.57. The van der Waals surface area contributed by atoms with Gasteiger partial charge in [-0.3, -0.25) is 9.48 Å². The number of nitrogens with zero attached hydrogens (tertiary/aromatic N) is 3. The summed E-state index contributed by atoms with van der Waals surface area (Å²) in [7, 11) is 1.62. The van der Waals surface area contributed by atoms with E-state index in [0.717, 1.165) is 11.3 Å².